The normalized spacial score (nSPS) is 13.6. The lowest BCUT2D eigenvalue weighted by molar-refractivity contribution is -0.117. The van der Waals surface area contributed by atoms with Gasteiger partial charge in [-0.05, 0) is 5.41 Å². The van der Waals surface area contributed by atoms with Crippen LogP contribution < -0.4 is 11.1 Å². The largest absolute Gasteiger partial charge is 0.327 e. The lowest BCUT2D eigenvalue weighted by atomic mass is 9.85. The maximum absolute atomic E-state index is 11.7. The van der Waals surface area contributed by atoms with Crippen LogP contribution in [0.15, 0.2) is 12.4 Å². The minimum absolute atomic E-state index is 0.0632. The lowest BCUT2D eigenvalue weighted by Crippen LogP contribution is -2.38. The number of hydrogen-bond acceptors (Lipinski definition) is 3. The van der Waals surface area contributed by atoms with E-state index in [1.54, 1.807) is 24.1 Å². The van der Waals surface area contributed by atoms with Crippen LogP contribution in [-0.2, 0) is 11.8 Å². The molecule has 1 heterocycles. The van der Waals surface area contributed by atoms with Gasteiger partial charge in [0.2, 0.25) is 5.91 Å². The molecule has 0 bridgehead atoms. The predicted octanol–water partition coefficient (Wildman–Crippen LogP) is 1.12. The van der Waals surface area contributed by atoms with Crippen molar-refractivity contribution in [2.24, 2.45) is 18.2 Å². The number of nitrogens with two attached hydrogens (primary N) is 1. The molecule has 16 heavy (non-hydrogen) atoms. The van der Waals surface area contributed by atoms with Gasteiger partial charge >= 0.3 is 0 Å². The summed E-state index contributed by atoms with van der Waals surface area (Å²) in [5.41, 5.74) is 6.57. The Morgan fingerprint density at radius 1 is 1.62 bits per heavy atom. The van der Waals surface area contributed by atoms with E-state index >= 15 is 0 Å². The molecule has 0 aliphatic carbocycles. The maximum atomic E-state index is 11.7. The van der Waals surface area contributed by atoms with Crippen LogP contribution in [0, 0.1) is 5.41 Å². The third-order valence-corrected chi connectivity index (χ3v) is 2.51. The Morgan fingerprint density at radius 2 is 2.25 bits per heavy atom. The summed E-state index contributed by atoms with van der Waals surface area (Å²) in [5, 5.41) is 6.73. The number of nitrogens with zero attached hydrogens (tertiary/aromatic N) is 2. The molecular weight excluding hydrogens is 204 g/mol. The van der Waals surface area contributed by atoms with Crippen molar-refractivity contribution in [3.63, 3.8) is 0 Å². The van der Waals surface area contributed by atoms with Gasteiger partial charge in [0.1, 0.15) is 0 Å². The summed E-state index contributed by atoms with van der Waals surface area (Å²) >= 11 is 0. The molecule has 1 unspecified atom stereocenters. The Balaban J connectivity index is 2.48. The van der Waals surface area contributed by atoms with Crippen LogP contribution in [0.1, 0.15) is 27.2 Å². The first-order valence-electron chi connectivity index (χ1n) is 5.33. The van der Waals surface area contributed by atoms with Crippen molar-refractivity contribution in [1.29, 1.82) is 0 Å². The predicted molar refractivity (Wildman–Crippen MR) is 63.9 cm³/mol. The highest BCUT2D eigenvalue weighted by Gasteiger charge is 2.23. The zero-order chi connectivity index (χ0) is 12.3. The molecule has 0 aliphatic heterocycles. The van der Waals surface area contributed by atoms with E-state index in [0.29, 0.717) is 12.1 Å². The van der Waals surface area contributed by atoms with E-state index in [-0.39, 0.29) is 17.4 Å². The average Bonchev–Trinajstić information content (AvgIpc) is 2.49. The Bertz CT molecular complexity index is 364. The molecule has 0 radical (unpaired) electrons. The van der Waals surface area contributed by atoms with E-state index in [4.69, 9.17) is 5.73 Å². The van der Waals surface area contributed by atoms with Gasteiger partial charge in [0.05, 0.1) is 11.9 Å². The van der Waals surface area contributed by atoms with E-state index in [2.05, 4.69) is 10.4 Å². The second-order valence-corrected chi connectivity index (χ2v) is 5.13. The zero-order valence-electron chi connectivity index (χ0n) is 10.3. The molecule has 90 valence electrons. The fraction of sp³-hybridized carbons (Fsp3) is 0.636. The molecule has 1 aromatic rings. The van der Waals surface area contributed by atoms with Crippen molar-refractivity contribution in [3.05, 3.63) is 12.4 Å². The molecule has 0 saturated heterocycles. The number of aromatic nitrogens is 2. The van der Waals surface area contributed by atoms with Crippen molar-refractivity contribution in [1.82, 2.24) is 9.78 Å². The van der Waals surface area contributed by atoms with Crippen molar-refractivity contribution in [3.8, 4) is 0 Å². The number of carbonyl (C=O) groups is 1. The summed E-state index contributed by atoms with van der Waals surface area (Å²) in [5.74, 6) is -0.0737. The van der Waals surface area contributed by atoms with E-state index in [1.165, 1.54) is 0 Å². The highest BCUT2D eigenvalue weighted by molar-refractivity contribution is 5.90. The summed E-state index contributed by atoms with van der Waals surface area (Å²) in [7, 11) is 1.80. The van der Waals surface area contributed by atoms with Crippen LogP contribution in [-0.4, -0.2) is 21.7 Å². The van der Waals surface area contributed by atoms with Crippen LogP contribution >= 0.6 is 0 Å². The molecule has 1 rings (SSSR count). The SMILES string of the molecule is Cn1cc(NC(=O)CC(N)C(C)(C)C)cn1. The van der Waals surface area contributed by atoms with Gasteiger partial charge < -0.3 is 11.1 Å². The third kappa shape index (κ3) is 3.66. The average molecular weight is 224 g/mol. The lowest BCUT2D eigenvalue weighted by Gasteiger charge is -2.26. The number of hydrogen-bond donors (Lipinski definition) is 2. The fourth-order valence-electron chi connectivity index (χ4n) is 1.20. The van der Waals surface area contributed by atoms with Crippen molar-refractivity contribution < 1.29 is 4.79 Å². The number of anilines is 1. The summed E-state index contributed by atoms with van der Waals surface area (Å²) in [4.78, 5) is 11.7. The number of carbonyl (C=O) groups excluding carboxylic acids is 1. The number of rotatable bonds is 3. The van der Waals surface area contributed by atoms with E-state index < -0.39 is 0 Å². The number of amides is 1. The van der Waals surface area contributed by atoms with Gasteiger partial charge in [-0.2, -0.15) is 5.10 Å². The van der Waals surface area contributed by atoms with E-state index in [1.807, 2.05) is 20.8 Å². The molecule has 1 atom stereocenters. The Kier molecular flexibility index (Phi) is 3.70. The zero-order valence-corrected chi connectivity index (χ0v) is 10.3. The van der Waals surface area contributed by atoms with Crippen molar-refractivity contribution in [2.45, 2.75) is 33.2 Å². The summed E-state index contributed by atoms with van der Waals surface area (Å²) in [6.45, 7) is 6.07. The second-order valence-electron chi connectivity index (χ2n) is 5.13. The Labute approximate surface area is 96.0 Å². The summed E-state index contributed by atoms with van der Waals surface area (Å²) < 4.78 is 1.64. The molecule has 0 fully saturated rings. The summed E-state index contributed by atoms with van der Waals surface area (Å²) in [6.07, 6.45) is 3.68. The quantitative estimate of drug-likeness (QED) is 0.808. The Morgan fingerprint density at radius 3 is 2.69 bits per heavy atom. The standard InChI is InChI=1S/C11H20N4O/c1-11(2,3)9(12)5-10(16)14-8-6-13-15(4)7-8/h6-7,9H,5,12H2,1-4H3,(H,14,16). The van der Waals surface area contributed by atoms with Gasteiger partial charge in [0, 0.05) is 25.7 Å². The number of nitrogens with one attached hydrogen (secondary N) is 1. The van der Waals surface area contributed by atoms with Gasteiger partial charge in [0.25, 0.3) is 0 Å². The first-order valence-corrected chi connectivity index (χ1v) is 5.33. The van der Waals surface area contributed by atoms with Crippen LogP contribution in [0.25, 0.3) is 0 Å². The molecule has 0 aliphatic rings. The third-order valence-electron chi connectivity index (χ3n) is 2.51. The molecule has 3 N–H and O–H groups in total. The van der Waals surface area contributed by atoms with Crippen LogP contribution in [0.5, 0.6) is 0 Å². The highest BCUT2D eigenvalue weighted by Crippen LogP contribution is 2.20. The molecule has 0 saturated carbocycles. The first kappa shape index (κ1) is 12.7. The fourth-order valence-corrected chi connectivity index (χ4v) is 1.20. The van der Waals surface area contributed by atoms with Gasteiger partial charge in [-0.25, -0.2) is 0 Å². The van der Waals surface area contributed by atoms with Crippen molar-refractivity contribution >= 4 is 11.6 Å². The van der Waals surface area contributed by atoms with E-state index in [0.717, 1.165) is 0 Å². The molecular formula is C11H20N4O. The topological polar surface area (TPSA) is 72.9 Å². The second kappa shape index (κ2) is 4.65. The molecule has 5 nitrogen and oxygen atoms in total. The first-order chi connectivity index (χ1) is 7.29. The minimum atomic E-state index is -0.149. The maximum Gasteiger partial charge on any atom is 0.226 e. The molecule has 5 heteroatoms. The van der Waals surface area contributed by atoms with E-state index in [9.17, 15) is 4.79 Å². The Hall–Kier alpha value is -1.36. The van der Waals surface area contributed by atoms with Crippen LogP contribution in [0.4, 0.5) is 5.69 Å². The highest BCUT2D eigenvalue weighted by atomic mass is 16.1. The monoisotopic (exact) mass is 224 g/mol. The molecule has 1 aromatic heterocycles. The van der Waals surface area contributed by atoms with Crippen LogP contribution in [0.2, 0.25) is 0 Å². The molecule has 1 amide bonds. The molecule has 0 spiro atoms. The van der Waals surface area contributed by atoms with Crippen LogP contribution in [0.3, 0.4) is 0 Å². The van der Waals surface area contributed by atoms with Gasteiger partial charge in [-0.15, -0.1) is 0 Å². The van der Waals surface area contributed by atoms with Crippen molar-refractivity contribution in [2.75, 3.05) is 5.32 Å². The van der Waals surface area contributed by atoms with Gasteiger partial charge in [-0.3, -0.25) is 9.48 Å². The minimum Gasteiger partial charge on any atom is -0.327 e. The smallest absolute Gasteiger partial charge is 0.226 e. The number of aryl methyl sites for hydroxylation is 1. The summed E-state index contributed by atoms with van der Waals surface area (Å²) in [6, 6.07) is -0.149. The van der Waals surface area contributed by atoms with Gasteiger partial charge in [-0.1, -0.05) is 20.8 Å². The van der Waals surface area contributed by atoms with Gasteiger partial charge in [0.15, 0.2) is 0 Å². The molecule has 0 aromatic carbocycles.